The van der Waals surface area contributed by atoms with Gasteiger partial charge in [0, 0.05) is 0 Å². The Bertz CT molecular complexity index is 160. The predicted octanol–water partition coefficient (Wildman–Crippen LogP) is 2.50. The zero-order valence-corrected chi connectivity index (χ0v) is 7.72. The quantitative estimate of drug-likeness (QED) is 0.619. The minimum Gasteiger partial charge on any atom is -0.393 e. The van der Waals surface area contributed by atoms with Crippen molar-refractivity contribution in [3.8, 4) is 0 Å². The highest BCUT2D eigenvalue weighted by atomic mass is 16.3. The van der Waals surface area contributed by atoms with Crippen LogP contribution < -0.4 is 0 Å². The number of hydrogen-bond acceptors (Lipinski definition) is 1. The second kappa shape index (κ2) is 2.98. The first-order valence-corrected chi connectivity index (χ1v) is 4.38. The fourth-order valence-electron chi connectivity index (χ4n) is 1.36. The summed E-state index contributed by atoms with van der Waals surface area (Å²) in [5.74, 6) is 0. The van der Waals surface area contributed by atoms with Crippen molar-refractivity contribution in [2.24, 2.45) is 5.41 Å². The average molecular weight is 154 g/mol. The lowest BCUT2D eigenvalue weighted by Crippen LogP contribution is -2.16. The third-order valence-electron chi connectivity index (χ3n) is 2.70. The van der Waals surface area contributed by atoms with E-state index in [4.69, 9.17) is 0 Å². The van der Waals surface area contributed by atoms with E-state index in [0.29, 0.717) is 0 Å². The van der Waals surface area contributed by atoms with Gasteiger partial charge >= 0.3 is 0 Å². The summed E-state index contributed by atoms with van der Waals surface area (Å²) in [7, 11) is 0. The fourth-order valence-corrected chi connectivity index (χ4v) is 1.36. The van der Waals surface area contributed by atoms with Gasteiger partial charge in [0.2, 0.25) is 0 Å². The largest absolute Gasteiger partial charge is 0.393 e. The number of hydrogen-bond donors (Lipinski definition) is 1. The van der Waals surface area contributed by atoms with Crippen molar-refractivity contribution < 1.29 is 5.11 Å². The molecule has 0 aromatic heterocycles. The molecule has 1 rings (SSSR count). The van der Waals surface area contributed by atoms with Crippen molar-refractivity contribution in [3.63, 3.8) is 0 Å². The van der Waals surface area contributed by atoms with Crippen LogP contribution in [0.5, 0.6) is 0 Å². The smallest absolute Gasteiger partial charge is 0.0571 e. The molecule has 1 N–H and O–H groups in total. The van der Waals surface area contributed by atoms with Crippen LogP contribution in [0.1, 0.15) is 40.0 Å². The van der Waals surface area contributed by atoms with Crippen LogP contribution in [0.3, 0.4) is 0 Å². The van der Waals surface area contributed by atoms with E-state index in [9.17, 15) is 5.11 Å². The predicted molar refractivity (Wildman–Crippen MR) is 47.4 cm³/mol. The molecule has 0 bridgehead atoms. The summed E-state index contributed by atoms with van der Waals surface area (Å²) in [6.45, 7) is 6.13. The van der Waals surface area contributed by atoms with Crippen molar-refractivity contribution >= 4 is 0 Å². The Balaban J connectivity index is 2.42. The minimum absolute atomic E-state index is 0.127. The van der Waals surface area contributed by atoms with Gasteiger partial charge in [-0.15, -0.1) is 0 Å². The number of aliphatic hydroxyl groups is 1. The molecule has 64 valence electrons. The van der Waals surface area contributed by atoms with Gasteiger partial charge in [-0.1, -0.05) is 11.6 Å². The molecule has 1 aliphatic rings. The van der Waals surface area contributed by atoms with E-state index in [2.05, 4.69) is 19.9 Å². The molecule has 1 heteroatoms. The third-order valence-corrected chi connectivity index (χ3v) is 2.70. The van der Waals surface area contributed by atoms with Gasteiger partial charge in [-0.25, -0.2) is 0 Å². The summed E-state index contributed by atoms with van der Waals surface area (Å²) < 4.78 is 0. The Hall–Kier alpha value is -0.300. The summed E-state index contributed by atoms with van der Waals surface area (Å²) in [6, 6.07) is 0. The SMILES string of the molecule is CC(C)=CCC1([C@H](C)O)CC1. The number of aliphatic hydroxyl groups excluding tert-OH is 1. The van der Waals surface area contributed by atoms with Gasteiger partial charge in [-0.2, -0.15) is 0 Å². The van der Waals surface area contributed by atoms with Crippen LogP contribution in [0.25, 0.3) is 0 Å². The Labute approximate surface area is 69.1 Å². The zero-order chi connectivity index (χ0) is 8.48. The van der Waals surface area contributed by atoms with E-state index in [-0.39, 0.29) is 11.5 Å². The normalized spacial score (nSPS) is 22.5. The van der Waals surface area contributed by atoms with E-state index >= 15 is 0 Å². The molecule has 1 saturated carbocycles. The summed E-state index contributed by atoms with van der Waals surface area (Å²) in [5, 5.41) is 9.43. The first-order chi connectivity index (χ1) is 5.07. The average Bonchev–Trinajstić information content (AvgIpc) is 2.63. The first kappa shape index (κ1) is 8.79. The highest BCUT2D eigenvalue weighted by molar-refractivity contribution is 5.05. The molecule has 0 aromatic carbocycles. The highest BCUT2D eigenvalue weighted by Crippen LogP contribution is 2.52. The zero-order valence-electron chi connectivity index (χ0n) is 7.72. The van der Waals surface area contributed by atoms with Gasteiger partial charge in [0.05, 0.1) is 6.10 Å². The summed E-state index contributed by atoms with van der Waals surface area (Å²) in [6.07, 6.45) is 5.58. The molecule has 1 atom stereocenters. The lowest BCUT2D eigenvalue weighted by atomic mass is 9.95. The van der Waals surface area contributed by atoms with Crippen LogP contribution in [0.4, 0.5) is 0 Å². The van der Waals surface area contributed by atoms with Gasteiger partial charge in [0.1, 0.15) is 0 Å². The van der Waals surface area contributed by atoms with Gasteiger partial charge in [0.25, 0.3) is 0 Å². The van der Waals surface area contributed by atoms with E-state index in [0.717, 1.165) is 6.42 Å². The number of allylic oxidation sites excluding steroid dienone is 2. The fraction of sp³-hybridized carbons (Fsp3) is 0.800. The summed E-state index contributed by atoms with van der Waals surface area (Å²) in [5.41, 5.74) is 1.62. The molecule has 1 fully saturated rings. The Kier molecular flexibility index (Phi) is 2.38. The number of rotatable bonds is 3. The van der Waals surface area contributed by atoms with Crippen molar-refractivity contribution in [2.45, 2.75) is 46.1 Å². The maximum absolute atomic E-state index is 9.43. The maximum atomic E-state index is 9.43. The third kappa shape index (κ3) is 2.06. The molecule has 0 unspecified atom stereocenters. The Morgan fingerprint density at radius 1 is 1.55 bits per heavy atom. The standard InChI is InChI=1S/C10H18O/c1-8(2)4-5-10(6-7-10)9(3)11/h4,9,11H,5-7H2,1-3H3/t9-/m0/s1. The van der Waals surface area contributed by atoms with Crippen molar-refractivity contribution in [1.29, 1.82) is 0 Å². The van der Waals surface area contributed by atoms with Crippen molar-refractivity contribution in [1.82, 2.24) is 0 Å². The molecule has 0 aromatic rings. The van der Waals surface area contributed by atoms with Crippen LogP contribution in [-0.2, 0) is 0 Å². The lowest BCUT2D eigenvalue weighted by Gasteiger charge is -2.15. The second-order valence-electron chi connectivity index (χ2n) is 4.02. The summed E-state index contributed by atoms with van der Waals surface area (Å²) >= 11 is 0. The van der Waals surface area contributed by atoms with Crippen LogP contribution in [0, 0.1) is 5.41 Å². The van der Waals surface area contributed by atoms with Crippen molar-refractivity contribution in [2.75, 3.05) is 0 Å². The molecular formula is C10H18O. The molecule has 0 aliphatic heterocycles. The van der Waals surface area contributed by atoms with Gasteiger partial charge in [0.15, 0.2) is 0 Å². The molecule has 0 amide bonds. The van der Waals surface area contributed by atoms with Gasteiger partial charge in [-0.3, -0.25) is 0 Å². The van der Waals surface area contributed by atoms with Crippen molar-refractivity contribution in [3.05, 3.63) is 11.6 Å². The van der Waals surface area contributed by atoms with Gasteiger partial charge < -0.3 is 5.11 Å². The molecule has 1 nitrogen and oxygen atoms in total. The van der Waals surface area contributed by atoms with E-state index in [1.807, 2.05) is 6.92 Å². The molecule has 0 saturated heterocycles. The molecule has 0 radical (unpaired) electrons. The van der Waals surface area contributed by atoms with Crippen LogP contribution >= 0.6 is 0 Å². The maximum Gasteiger partial charge on any atom is 0.0571 e. The van der Waals surface area contributed by atoms with Crippen LogP contribution in [-0.4, -0.2) is 11.2 Å². The molecule has 0 heterocycles. The van der Waals surface area contributed by atoms with Gasteiger partial charge in [-0.05, 0) is 45.4 Å². The minimum atomic E-state index is -0.127. The van der Waals surface area contributed by atoms with E-state index < -0.39 is 0 Å². The monoisotopic (exact) mass is 154 g/mol. The topological polar surface area (TPSA) is 20.2 Å². The molecule has 11 heavy (non-hydrogen) atoms. The molecule has 0 spiro atoms. The van der Waals surface area contributed by atoms with E-state index in [1.54, 1.807) is 0 Å². The van der Waals surface area contributed by atoms with Crippen LogP contribution in [0.2, 0.25) is 0 Å². The lowest BCUT2D eigenvalue weighted by molar-refractivity contribution is 0.112. The molecular weight excluding hydrogens is 136 g/mol. The highest BCUT2D eigenvalue weighted by Gasteiger charge is 2.45. The Morgan fingerprint density at radius 2 is 2.09 bits per heavy atom. The molecule has 1 aliphatic carbocycles. The van der Waals surface area contributed by atoms with Crippen LogP contribution in [0.15, 0.2) is 11.6 Å². The second-order valence-corrected chi connectivity index (χ2v) is 4.02. The first-order valence-electron chi connectivity index (χ1n) is 4.38. The summed E-state index contributed by atoms with van der Waals surface area (Å²) in [4.78, 5) is 0. The Morgan fingerprint density at radius 3 is 2.36 bits per heavy atom. The van der Waals surface area contributed by atoms with E-state index in [1.165, 1.54) is 18.4 Å².